The van der Waals surface area contributed by atoms with E-state index >= 15 is 0 Å². The number of carbonyl (C=O) groups is 2. The van der Waals surface area contributed by atoms with Crippen LogP contribution in [0.3, 0.4) is 0 Å². The monoisotopic (exact) mass is 227 g/mol. The van der Waals surface area contributed by atoms with Crippen LogP contribution in [0.25, 0.3) is 0 Å². The maximum atomic E-state index is 11.2. The summed E-state index contributed by atoms with van der Waals surface area (Å²) in [7, 11) is 1.33. The van der Waals surface area contributed by atoms with E-state index in [1.165, 1.54) is 18.4 Å². The van der Waals surface area contributed by atoms with Crippen molar-refractivity contribution in [1.29, 1.82) is 0 Å². The average Bonchev–Trinajstić information content (AvgIpc) is 2.84. The molecule has 15 heavy (non-hydrogen) atoms. The fraction of sp³-hybridized carbons (Fsp3) is 0.333. The van der Waals surface area contributed by atoms with Crippen LogP contribution in [-0.4, -0.2) is 25.8 Å². The van der Waals surface area contributed by atoms with E-state index in [0.717, 1.165) is 4.88 Å². The minimum Gasteiger partial charge on any atom is -0.465 e. The molecule has 80 valence electrons. The van der Waals surface area contributed by atoms with Crippen LogP contribution in [0.2, 0.25) is 0 Å². The quantitative estimate of drug-likeness (QED) is 0.774. The van der Waals surface area contributed by atoms with E-state index < -0.39 is 6.09 Å². The molecular weight excluding hydrogens is 218 g/mol. The summed E-state index contributed by atoms with van der Waals surface area (Å²) in [5.74, 6) is -0.372. The molecule has 1 N–H and O–H groups in total. The van der Waals surface area contributed by atoms with E-state index in [9.17, 15) is 9.59 Å². The van der Waals surface area contributed by atoms with Gasteiger partial charge in [-0.1, -0.05) is 0 Å². The van der Waals surface area contributed by atoms with Gasteiger partial charge in [-0.25, -0.2) is 9.59 Å². The molecule has 1 saturated heterocycles. The van der Waals surface area contributed by atoms with Crippen LogP contribution in [0.4, 0.5) is 4.79 Å². The molecular formula is C9H9NO4S. The van der Waals surface area contributed by atoms with Crippen molar-refractivity contribution in [3.05, 3.63) is 21.9 Å². The minimum absolute atomic E-state index is 0.152. The van der Waals surface area contributed by atoms with Crippen LogP contribution < -0.4 is 5.32 Å². The van der Waals surface area contributed by atoms with Gasteiger partial charge in [-0.3, -0.25) is 0 Å². The van der Waals surface area contributed by atoms with Gasteiger partial charge >= 0.3 is 12.1 Å². The average molecular weight is 227 g/mol. The number of ether oxygens (including phenoxy) is 2. The first-order valence-electron chi connectivity index (χ1n) is 4.30. The molecule has 1 aromatic heterocycles. The number of amides is 1. The summed E-state index contributed by atoms with van der Waals surface area (Å²) in [5, 5.41) is 4.34. The standard InChI is InChI=1S/C9H9NO4S/c1-13-8(11)5-2-7(15-4-5)6-3-14-9(12)10-6/h2,4,6H,3H2,1H3,(H,10,12). The van der Waals surface area contributed by atoms with Crippen molar-refractivity contribution in [2.45, 2.75) is 6.04 Å². The highest BCUT2D eigenvalue weighted by molar-refractivity contribution is 7.10. The highest BCUT2D eigenvalue weighted by Gasteiger charge is 2.25. The van der Waals surface area contributed by atoms with Crippen molar-refractivity contribution in [2.75, 3.05) is 13.7 Å². The second-order valence-corrected chi connectivity index (χ2v) is 3.97. The molecule has 1 amide bonds. The van der Waals surface area contributed by atoms with Gasteiger partial charge < -0.3 is 14.8 Å². The van der Waals surface area contributed by atoms with E-state index in [1.807, 2.05) is 0 Å². The van der Waals surface area contributed by atoms with Gasteiger partial charge in [-0.2, -0.15) is 0 Å². The largest absolute Gasteiger partial charge is 0.465 e. The molecule has 0 aliphatic carbocycles. The number of carbonyl (C=O) groups excluding carboxylic acids is 2. The lowest BCUT2D eigenvalue weighted by Gasteiger charge is -2.01. The minimum atomic E-state index is -0.423. The van der Waals surface area contributed by atoms with Crippen LogP contribution >= 0.6 is 11.3 Å². The van der Waals surface area contributed by atoms with E-state index in [4.69, 9.17) is 4.74 Å². The lowest BCUT2D eigenvalue weighted by molar-refractivity contribution is 0.0601. The van der Waals surface area contributed by atoms with Gasteiger partial charge in [0.15, 0.2) is 0 Å². The zero-order valence-electron chi connectivity index (χ0n) is 7.98. The molecule has 0 bridgehead atoms. The molecule has 5 nitrogen and oxygen atoms in total. The molecule has 0 saturated carbocycles. The van der Waals surface area contributed by atoms with Crippen LogP contribution in [0, 0.1) is 0 Å². The Morgan fingerprint density at radius 1 is 1.73 bits per heavy atom. The maximum Gasteiger partial charge on any atom is 0.407 e. The number of esters is 1. The van der Waals surface area contributed by atoms with Crippen molar-refractivity contribution < 1.29 is 19.1 Å². The SMILES string of the molecule is COC(=O)c1csc(C2COC(=O)N2)c1. The van der Waals surface area contributed by atoms with E-state index in [2.05, 4.69) is 10.1 Å². The first-order chi connectivity index (χ1) is 7.20. The smallest absolute Gasteiger partial charge is 0.407 e. The maximum absolute atomic E-state index is 11.2. The van der Waals surface area contributed by atoms with Gasteiger partial charge in [-0.15, -0.1) is 11.3 Å². The Bertz CT molecular complexity index is 401. The normalized spacial score (nSPS) is 19.5. The van der Waals surface area contributed by atoms with Crippen molar-refractivity contribution in [3.63, 3.8) is 0 Å². The fourth-order valence-corrected chi connectivity index (χ4v) is 2.21. The number of hydrogen-bond donors (Lipinski definition) is 1. The Hall–Kier alpha value is -1.56. The predicted octanol–water partition coefficient (Wildman–Crippen LogP) is 1.32. The Labute approximate surface area is 90.0 Å². The second-order valence-electron chi connectivity index (χ2n) is 3.02. The summed E-state index contributed by atoms with van der Waals surface area (Å²) >= 11 is 1.40. The number of cyclic esters (lactones) is 1. The zero-order valence-corrected chi connectivity index (χ0v) is 8.80. The van der Waals surface area contributed by atoms with Gasteiger partial charge in [0.1, 0.15) is 12.6 Å². The van der Waals surface area contributed by atoms with Crippen LogP contribution in [-0.2, 0) is 9.47 Å². The molecule has 1 aliphatic rings. The van der Waals surface area contributed by atoms with Gasteiger partial charge in [-0.05, 0) is 6.07 Å². The zero-order chi connectivity index (χ0) is 10.8. The molecule has 0 aromatic carbocycles. The van der Waals surface area contributed by atoms with Crippen LogP contribution in [0.15, 0.2) is 11.4 Å². The number of rotatable bonds is 2. The van der Waals surface area contributed by atoms with E-state index in [-0.39, 0.29) is 12.0 Å². The number of thiophene rings is 1. The third kappa shape index (κ3) is 1.94. The molecule has 2 heterocycles. The predicted molar refractivity (Wildman–Crippen MR) is 52.9 cm³/mol. The third-order valence-corrected chi connectivity index (χ3v) is 3.10. The summed E-state index contributed by atoms with van der Waals surface area (Å²) in [5.41, 5.74) is 0.499. The molecule has 1 aromatic rings. The van der Waals surface area contributed by atoms with Gasteiger partial charge in [0, 0.05) is 10.3 Å². The van der Waals surface area contributed by atoms with Crippen LogP contribution in [0.5, 0.6) is 0 Å². The number of methoxy groups -OCH3 is 1. The van der Waals surface area contributed by atoms with Gasteiger partial charge in [0.05, 0.1) is 12.7 Å². The van der Waals surface area contributed by atoms with Crippen LogP contribution in [0.1, 0.15) is 21.3 Å². The van der Waals surface area contributed by atoms with Crippen molar-refractivity contribution in [2.24, 2.45) is 0 Å². The molecule has 0 radical (unpaired) electrons. The molecule has 0 spiro atoms. The number of alkyl carbamates (subject to hydrolysis) is 1. The summed E-state index contributed by atoms with van der Waals surface area (Å²) < 4.78 is 9.34. The Kier molecular flexibility index (Phi) is 2.59. The molecule has 1 fully saturated rings. The molecule has 1 unspecified atom stereocenters. The van der Waals surface area contributed by atoms with Gasteiger partial charge in [0.25, 0.3) is 0 Å². The summed E-state index contributed by atoms with van der Waals surface area (Å²) in [6.45, 7) is 0.306. The highest BCUT2D eigenvalue weighted by atomic mass is 32.1. The summed E-state index contributed by atoms with van der Waals surface area (Å²) in [4.78, 5) is 22.9. The summed E-state index contributed by atoms with van der Waals surface area (Å²) in [6.07, 6.45) is -0.423. The van der Waals surface area contributed by atoms with E-state index in [1.54, 1.807) is 11.4 Å². The number of nitrogens with one attached hydrogen (secondary N) is 1. The molecule has 1 aliphatic heterocycles. The number of hydrogen-bond acceptors (Lipinski definition) is 5. The van der Waals surface area contributed by atoms with Crippen molar-refractivity contribution in [1.82, 2.24) is 5.32 Å². The topological polar surface area (TPSA) is 64.6 Å². The van der Waals surface area contributed by atoms with Crippen molar-refractivity contribution in [3.8, 4) is 0 Å². The molecule has 2 rings (SSSR count). The van der Waals surface area contributed by atoms with Gasteiger partial charge in [0.2, 0.25) is 0 Å². The summed E-state index contributed by atoms with van der Waals surface area (Å²) in [6, 6.07) is 1.55. The Balaban J connectivity index is 2.13. The Morgan fingerprint density at radius 3 is 3.13 bits per heavy atom. The molecule has 1 atom stereocenters. The first kappa shape index (κ1) is 9.97. The Morgan fingerprint density at radius 2 is 2.53 bits per heavy atom. The second kappa shape index (κ2) is 3.90. The highest BCUT2D eigenvalue weighted by Crippen LogP contribution is 2.25. The van der Waals surface area contributed by atoms with E-state index in [0.29, 0.717) is 12.2 Å². The lowest BCUT2D eigenvalue weighted by Crippen LogP contribution is -2.17. The molecule has 6 heteroatoms. The van der Waals surface area contributed by atoms with Crippen molar-refractivity contribution >= 4 is 23.4 Å². The lowest BCUT2D eigenvalue weighted by atomic mass is 10.2. The third-order valence-electron chi connectivity index (χ3n) is 2.06. The fourth-order valence-electron chi connectivity index (χ4n) is 1.30. The first-order valence-corrected chi connectivity index (χ1v) is 5.18.